The molecule has 3 heteroatoms. The van der Waals surface area contributed by atoms with Gasteiger partial charge < -0.3 is 4.90 Å². The van der Waals surface area contributed by atoms with Crippen LogP contribution >= 0.6 is 0 Å². The smallest absolute Gasteiger partial charge is 0.146 e. The molecule has 1 heterocycles. The Hall–Kier alpha value is -1.12. The van der Waals surface area contributed by atoms with E-state index >= 15 is 0 Å². The zero-order chi connectivity index (χ0) is 10.8. The molecule has 0 atom stereocenters. The van der Waals surface area contributed by atoms with E-state index in [9.17, 15) is 0 Å². The quantitative estimate of drug-likeness (QED) is 0.721. The Morgan fingerprint density at radius 2 is 1.86 bits per heavy atom. The number of nitrogens with zero attached hydrogens (tertiary/aromatic N) is 3. The Morgan fingerprint density at radius 1 is 1.21 bits per heavy atom. The first kappa shape index (κ1) is 11.0. The lowest BCUT2D eigenvalue weighted by Crippen LogP contribution is -2.19. The fourth-order valence-corrected chi connectivity index (χ4v) is 1.07. The Morgan fingerprint density at radius 3 is 2.21 bits per heavy atom. The highest BCUT2D eigenvalue weighted by Crippen LogP contribution is 2.19. The van der Waals surface area contributed by atoms with Crippen LogP contribution < -0.4 is 4.90 Å². The molecule has 0 radical (unpaired) electrons. The minimum absolute atomic E-state index is 0.0797. The van der Waals surface area contributed by atoms with Gasteiger partial charge in [0.1, 0.15) is 5.82 Å². The van der Waals surface area contributed by atoms with Crippen molar-refractivity contribution in [2.24, 2.45) is 0 Å². The van der Waals surface area contributed by atoms with Crippen molar-refractivity contribution in [3.8, 4) is 0 Å². The second kappa shape index (κ2) is 3.95. The first-order valence-electron chi connectivity index (χ1n) is 4.99. The lowest BCUT2D eigenvalue weighted by atomic mass is 9.93. The second-order valence-electron chi connectivity index (χ2n) is 4.52. The van der Waals surface area contributed by atoms with Crippen molar-refractivity contribution < 1.29 is 0 Å². The third-order valence-corrected chi connectivity index (χ3v) is 2.27. The zero-order valence-corrected chi connectivity index (χ0v) is 9.70. The Bertz CT molecular complexity index is 284. The van der Waals surface area contributed by atoms with Crippen LogP contribution in [0.25, 0.3) is 0 Å². The monoisotopic (exact) mass is 193 g/mol. The van der Waals surface area contributed by atoms with Gasteiger partial charge >= 0.3 is 0 Å². The third kappa shape index (κ3) is 2.44. The van der Waals surface area contributed by atoms with Gasteiger partial charge in [0.2, 0.25) is 0 Å². The maximum Gasteiger partial charge on any atom is 0.146 e. The maximum atomic E-state index is 4.41. The minimum Gasteiger partial charge on any atom is -0.359 e. The van der Waals surface area contributed by atoms with Crippen molar-refractivity contribution in [2.45, 2.75) is 33.1 Å². The minimum atomic E-state index is 0.0797. The summed E-state index contributed by atoms with van der Waals surface area (Å²) in [5, 5.41) is 0. The van der Waals surface area contributed by atoms with Gasteiger partial charge in [-0.3, -0.25) is 4.98 Å². The van der Waals surface area contributed by atoms with Crippen LogP contribution in [0.4, 0.5) is 5.82 Å². The summed E-state index contributed by atoms with van der Waals surface area (Å²) in [5.41, 5.74) is 1.11. The molecule has 0 unspecified atom stereocenters. The highest BCUT2D eigenvalue weighted by atomic mass is 15.2. The van der Waals surface area contributed by atoms with E-state index in [-0.39, 0.29) is 5.41 Å². The van der Waals surface area contributed by atoms with Crippen LogP contribution in [0.2, 0.25) is 0 Å². The molecule has 3 nitrogen and oxygen atoms in total. The average Bonchev–Trinajstić information content (AvgIpc) is 2.15. The molecular weight excluding hydrogens is 174 g/mol. The number of anilines is 1. The molecule has 0 N–H and O–H groups in total. The summed E-state index contributed by atoms with van der Waals surface area (Å²) >= 11 is 0. The number of aromatic nitrogens is 2. The van der Waals surface area contributed by atoms with Gasteiger partial charge in [-0.25, -0.2) is 4.98 Å². The molecule has 0 spiro atoms. The maximum absolute atomic E-state index is 4.41. The lowest BCUT2D eigenvalue weighted by Gasteiger charge is -2.19. The molecule has 0 aliphatic heterocycles. The fourth-order valence-electron chi connectivity index (χ4n) is 1.07. The van der Waals surface area contributed by atoms with Crippen molar-refractivity contribution in [3.05, 3.63) is 18.1 Å². The van der Waals surface area contributed by atoms with E-state index in [0.717, 1.165) is 18.1 Å². The highest BCUT2D eigenvalue weighted by Gasteiger charge is 2.15. The van der Waals surface area contributed by atoms with Gasteiger partial charge in [-0.2, -0.15) is 0 Å². The van der Waals surface area contributed by atoms with Crippen LogP contribution in [-0.2, 0) is 5.41 Å². The van der Waals surface area contributed by atoms with Crippen LogP contribution in [0, 0.1) is 0 Å². The van der Waals surface area contributed by atoms with Gasteiger partial charge in [0.25, 0.3) is 0 Å². The largest absolute Gasteiger partial charge is 0.359 e. The standard InChI is InChI=1S/C11H19N3/c1-6-14(5)10-8-12-9(7-13-10)11(2,3)4/h7-8H,6H2,1-5H3. The summed E-state index contributed by atoms with van der Waals surface area (Å²) in [4.78, 5) is 10.9. The van der Waals surface area contributed by atoms with E-state index in [0.29, 0.717) is 0 Å². The zero-order valence-electron chi connectivity index (χ0n) is 9.70. The first-order chi connectivity index (χ1) is 6.45. The molecule has 1 rings (SSSR count). The van der Waals surface area contributed by atoms with Gasteiger partial charge in [-0.05, 0) is 6.92 Å². The van der Waals surface area contributed by atoms with Gasteiger partial charge in [-0.1, -0.05) is 20.8 Å². The molecule has 0 amide bonds. The number of rotatable bonds is 2. The topological polar surface area (TPSA) is 29.0 Å². The van der Waals surface area contributed by atoms with Crippen molar-refractivity contribution in [3.63, 3.8) is 0 Å². The van der Waals surface area contributed by atoms with E-state index in [1.54, 1.807) is 0 Å². The molecule has 14 heavy (non-hydrogen) atoms. The predicted molar refractivity (Wildman–Crippen MR) is 59.7 cm³/mol. The molecule has 0 aromatic carbocycles. The van der Waals surface area contributed by atoms with Crippen LogP contribution in [0.1, 0.15) is 33.4 Å². The molecule has 0 fully saturated rings. The van der Waals surface area contributed by atoms with Crippen molar-refractivity contribution in [1.82, 2.24) is 9.97 Å². The number of hydrogen-bond acceptors (Lipinski definition) is 3. The molecule has 1 aromatic heterocycles. The normalized spacial score (nSPS) is 11.5. The van der Waals surface area contributed by atoms with Crippen LogP contribution in [0.5, 0.6) is 0 Å². The summed E-state index contributed by atoms with van der Waals surface area (Å²) in [6, 6.07) is 0. The van der Waals surface area contributed by atoms with Crippen molar-refractivity contribution in [1.29, 1.82) is 0 Å². The van der Waals surface area contributed by atoms with E-state index < -0.39 is 0 Å². The molecule has 0 aliphatic carbocycles. The van der Waals surface area contributed by atoms with Gasteiger partial charge in [0.05, 0.1) is 18.1 Å². The van der Waals surface area contributed by atoms with Gasteiger partial charge in [0.15, 0.2) is 0 Å². The van der Waals surface area contributed by atoms with Crippen molar-refractivity contribution in [2.75, 3.05) is 18.5 Å². The fraction of sp³-hybridized carbons (Fsp3) is 0.636. The van der Waals surface area contributed by atoms with Gasteiger partial charge in [-0.15, -0.1) is 0 Å². The third-order valence-electron chi connectivity index (χ3n) is 2.27. The van der Waals surface area contributed by atoms with E-state index in [1.165, 1.54) is 0 Å². The Labute approximate surface area is 86.2 Å². The molecule has 0 aliphatic rings. The van der Waals surface area contributed by atoms with Crippen LogP contribution in [0.15, 0.2) is 12.4 Å². The lowest BCUT2D eigenvalue weighted by molar-refractivity contribution is 0.565. The summed E-state index contributed by atoms with van der Waals surface area (Å²) in [6.45, 7) is 9.46. The van der Waals surface area contributed by atoms with E-state index in [2.05, 4.69) is 42.6 Å². The van der Waals surface area contributed by atoms with Crippen LogP contribution in [0.3, 0.4) is 0 Å². The molecule has 0 bridgehead atoms. The average molecular weight is 193 g/mol. The molecule has 0 saturated heterocycles. The van der Waals surface area contributed by atoms with E-state index in [1.807, 2.05) is 19.4 Å². The SMILES string of the molecule is CCN(C)c1cnc(C(C)(C)C)cn1. The summed E-state index contributed by atoms with van der Waals surface area (Å²) in [6.07, 6.45) is 3.70. The Kier molecular flexibility index (Phi) is 3.09. The molecular formula is C11H19N3. The van der Waals surface area contributed by atoms with E-state index in [4.69, 9.17) is 0 Å². The molecule has 1 aromatic rings. The first-order valence-corrected chi connectivity index (χ1v) is 4.99. The van der Waals surface area contributed by atoms with Crippen LogP contribution in [-0.4, -0.2) is 23.6 Å². The number of hydrogen-bond donors (Lipinski definition) is 0. The highest BCUT2D eigenvalue weighted by molar-refractivity contribution is 5.34. The molecule has 0 saturated carbocycles. The summed E-state index contributed by atoms with van der Waals surface area (Å²) in [5.74, 6) is 0.931. The molecule has 78 valence electrons. The Balaban J connectivity index is 2.89. The van der Waals surface area contributed by atoms with Crippen molar-refractivity contribution >= 4 is 5.82 Å². The second-order valence-corrected chi connectivity index (χ2v) is 4.52. The van der Waals surface area contributed by atoms with Gasteiger partial charge in [0, 0.05) is 19.0 Å². The predicted octanol–water partition coefficient (Wildman–Crippen LogP) is 2.23. The summed E-state index contributed by atoms with van der Waals surface area (Å²) in [7, 11) is 2.01. The summed E-state index contributed by atoms with van der Waals surface area (Å²) < 4.78 is 0.